The molecular formula is C12H12ClNO. The number of halogens is 1. The summed E-state index contributed by atoms with van der Waals surface area (Å²) in [5.74, 6) is -0.0290. The molecule has 2 rings (SSSR count). The van der Waals surface area contributed by atoms with E-state index < -0.39 is 0 Å². The van der Waals surface area contributed by atoms with E-state index in [-0.39, 0.29) is 12.5 Å². The summed E-state index contributed by atoms with van der Waals surface area (Å²) in [5, 5.41) is 10.1. The van der Waals surface area contributed by atoms with E-state index >= 15 is 0 Å². The van der Waals surface area contributed by atoms with Crippen LogP contribution in [0, 0.1) is 0 Å². The summed E-state index contributed by atoms with van der Waals surface area (Å²) in [6, 6.07) is 11.4. The average Bonchev–Trinajstić information content (AvgIpc) is 2.72. The first-order valence-electron chi connectivity index (χ1n) is 4.81. The Hall–Kier alpha value is -1.25. The molecule has 1 aromatic carbocycles. The van der Waals surface area contributed by atoms with Crippen molar-refractivity contribution in [3.05, 3.63) is 58.9 Å². The second-order valence-electron chi connectivity index (χ2n) is 3.42. The van der Waals surface area contributed by atoms with Crippen molar-refractivity contribution in [1.82, 2.24) is 4.98 Å². The van der Waals surface area contributed by atoms with Crippen LogP contribution in [0.1, 0.15) is 17.2 Å². The largest absolute Gasteiger partial charge is 0.395 e. The Balaban J connectivity index is 2.35. The molecule has 0 fully saturated rings. The zero-order chi connectivity index (χ0) is 10.7. The Labute approximate surface area is 93.5 Å². The quantitative estimate of drug-likeness (QED) is 0.822. The van der Waals surface area contributed by atoms with Crippen molar-refractivity contribution in [3.63, 3.8) is 0 Å². The number of nitrogens with one attached hydrogen (secondary N) is 1. The van der Waals surface area contributed by atoms with E-state index in [1.165, 1.54) is 0 Å². The van der Waals surface area contributed by atoms with Gasteiger partial charge in [0.15, 0.2) is 0 Å². The highest BCUT2D eigenvalue weighted by Gasteiger charge is 2.13. The van der Waals surface area contributed by atoms with Gasteiger partial charge in [0.2, 0.25) is 0 Å². The highest BCUT2D eigenvalue weighted by molar-refractivity contribution is 6.30. The van der Waals surface area contributed by atoms with E-state index in [2.05, 4.69) is 4.98 Å². The number of hydrogen-bond acceptors (Lipinski definition) is 1. The molecule has 0 aliphatic heterocycles. The number of aromatic amines is 1. The van der Waals surface area contributed by atoms with Gasteiger partial charge < -0.3 is 10.1 Å². The molecule has 0 saturated heterocycles. The van der Waals surface area contributed by atoms with Gasteiger partial charge in [-0.15, -0.1) is 0 Å². The molecule has 0 aliphatic carbocycles. The predicted octanol–water partition coefficient (Wildman–Crippen LogP) is 2.79. The van der Waals surface area contributed by atoms with Crippen LogP contribution in [-0.2, 0) is 0 Å². The summed E-state index contributed by atoms with van der Waals surface area (Å²) in [6.45, 7) is 0.0703. The maximum Gasteiger partial charge on any atom is 0.0554 e. The summed E-state index contributed by atoms with van der Waals surface area (Å²) in [4.78, 5) is 3.10. The molecule has 15 heavy (non-hydrogen) atoms. The molecule has 2 nitrogen and oxygen atoms in total. The lowest BCUT2D eigenvalue weighted by atomic mass is 9.97. The van der Waals surface area contributed by atoms with Crippen LogP contribution in [0.5, 0.6) is 0 Å². The Morgan fingerprint density at radius 2 is 2.13 bits per heavy atom. The Kier molecular flexibility index (Phi) is 3.09. The number of benzene rings is 1. The molecule has 1 unspecified atom stereocenters. The summed E-state index contributed by atoms with van der Waals surface area (Å²) in [5.41, 5.74) is 2.02. The van der Waals surface area contributed by atoms with Crippen molar-refractivity contribution in [2.75, 3.05) is 6.61 Å². The zero-order valence-electron chi connectivity index (χ0n) is 8.15. The minimum atomic E-state index is -0.0290. The summed E-state index contributed by atoms with van der Waals surface area (Å²) < 4.78 is 0. The SMILES string of the molecule is OCC(c1cccc(Cl)c1)c1ccc[nH]1. The summed E-state index contributed by atoms with van der Waals surface area (Å²) >= 11 is 5.92. The van der Waals surface area contributed by atoms with Crippen LogP contribution >= 0.6 is 11.6 Å². The number of hydrogen-bond donors (Lipinski definition) is 2. The van der Waals surface area contributed by atoms with E-state index in [9.17, 15) is 5.11 Å². The fourth-order valence-corrected chi connectivity index (χ4v) is 1.87. The lowest BCUT2D eigenvalue weighted by molar-refractivity contribution is 0.279. The van der Waals surface area contributed by atoms with Crippen LogP contribution in [0.15, 0.2) is 42.6 Å². The van der Waals surface area contributed by atoms with Gasteiger partial charge in [0, 0.05) is 22.8 Å². The molecule has 0 aliphatic rings. The number of aliphatic hydroxyl groups excluding tert-OH is 1. The van der Waals surface area contributed by atoms with Gasteiger partial charge in [0.25, 0.3) is 0 Å². The molecule has 0 saturated carbocycles. The first-order chi connectivity index (χ1) is 7.31. The lowest BCUT2D eigenvalue weighted by Gasteiger charge is -2.13. The smallest absolute Gasteiger partial charge is 0.0554 e. The van der Waals surface area contributed by atoms with Crippen molar-refractivity contribution in [2.24, 2.45) is 0 Å². The van der Waals surface area contributed by atoms with E-state index in [1.54, 1.807) is 0 Å². The molecule has 1 aromatic heterocycles. The molecule has 1 atom stereocenters. The molecule has 1 heterocycles. The Morgan fingerprint density at radius 3 is 2.73 bits per heavy atom. The van der Waals surface area contributed by atoms with Crippen LogP contribution in [0.4, 0.5) is 0 Å². The average molecular weight is 222 g/mol. The van der Waals surface area contributed by atoms with Gasteiger partial charge in [0.05, 0.1) is 6.61 Å². The van der Waals surface area contributed by atoms with Crippen molar-refractivity contribution in [1.29, 1.82) is 0 Å². The van der Waals surface area contributed by atoms with Crippen LogP contribution in [0.3, 0.4) is 0 Å². The third kappa shape index (κ3) is 2.22. The van der Waals surface area contributed by atoms with Crippen LogP contribution in [0.2, 0.25) is 5.02 Å². The second-order valence-corrected chi connectivity index (χ2v) is 3.85. The molecule has 3 heteroatoms. The van der Waals surface area contributed by atoms with Crippen LogP contribution in [-0.4, -0.2) is 16.7 Å². The van der Waals surface area contributed by atoms with E-state index in [4.69, 9.17) is 11.6 Å². The van der Waals surface area contributed by atoms with Gasteiger partial charge in [-0.2, -0.15) is 0 Å². The van der Waals surface area contributed by atoms with Gasteiger partial charge in [-0.1, -0.05) is 23.7 Å². The van der Waals surface area contributed by atoms with Crippen LogP contribution < -0.4 is 0 Å². The van der Waals surface area contributed by atoms with E-state index in [1.807, 2.05) is 42.6 Å². The number of H-pyrrole nitrogens is 1. The maximum atomic E-state index is 9.38. The van der Waals surface area contributed by atoms with Gasteiger partial charge in [-0.25, -0.2) is 0 Å². The molecular weight excluding hydrogens is 210 g/mol. The van der Waals surface area contributed by atoms with Crippen molar-refractivity contribution < 1.29 is 5.11 Å². The van der Waals surface area contributed by atoms with E-state index in [0.717, 1.165) is 11.3 Å². The number of aliphatic hydroxyl groups is 1. The van der Waals surface area contributed by atoms with Gasteiger partial charge in [-0.3, -0.25) is 0 Å². The molecule has 0 bridgehead atoms. The fraction of sp³-hybridized carbons (Fsp3) is 0.167. The highest BCUT2D eigenvalue weighted by Crippen LogP contribution is 2.24. The Morgan fingerprint density at radius 1 is 1.27 bits per heavy atom. The standard InChI is InChI=1S/C12H12ClNO/c13-10-4-1-3-9(7-10)11(8-15)12-5-2-6-14-12/h1-7,11,14-15H,8H2. The Bertz CT molecular complexity index is 425. The molecule has 0 amide bonds. The van der Waals surface area contributed by atoms with Gasteiger partial charge >= 0.3 is 0 Å². The first-order valence-corrected chi connectivity index (χ1v) is 5.18. The molecule has 2 aromatic rings. The number of rotatable bonds is 3. The third-order valence-electron chi connectivity index (χ3n) is 2.43. The normalized spacial score (nSPS) is 12.7. The molecule has 2 N–H and O–H groups in total. The zero-order valence-corrected chi connectivity index (χ0v) is 8.91. The monoisotopic (exact) mass is 221 g/mol. The summed E-state index contributed by atoms with van der Waals surface area (Å²) in [6.07, 6.45) is 1.85. The molecule has 0 radical (unpaired) electrons. The molecule has 0 spiro atoms. The first kappa shape index (κ1) is 10.3. The minimum absolute atomic E-state index is 0.0290. The van der Waals surface area contributed by atoms with Crippen molar-refractivity contribution >= 4 is 11.6 Å². The molecule has 78 valence electrons. The van der Waals surface area contributed by atoms with Crippen LogP contribution in [0.25, 0.3) is 0 Å². The van der Waals surface area contributed by atoms with Gasteiger partial charge in [-0.05, 0) is 29.8 Å². The van der Waals surface area contributed by atoms with Gasteiger partial charge in [0.1, 0.15) is 0 Å². The topological polar surface area (TPSA) is 36.0 Å². The highest BCUT2D eigenvalue weighted by atomic mass is 35.5. The number of aromatic nitrogens is 1. The summed E-state index contributed by atoms with van der Waals surface area (Å²) in [7, 11) is 0. The van der Waals surface area contributed by atoms with E-state index in [0.29, 0.717) is 5.02 Å². The lowest BCUT2D eigenvalue weighted by Crippen LogP contribution is -2.06. The predicted molar refractivity (Wildman–Crippen MR) is 61.2 cm³/mol. The third-order valence-corrected chi connectivity index (χ3v) is 2.67. The second kappa shape index (κ2) is 4.51. The van der Waals surface area contributed by atoms with Crippen molar-refractivity contribution in [2.45, 2.75) is 5.92 Å². The van der Waals surface area contributed by atoms with Crippen molar-refractivity contribution in [3.8, 4) is 0 Å². The fourth-order valence-electron chi connectivity index (χ4n) is 1.67. The maximum absolute atomic E-state index is 9.38. The minimum Gasteiger partial charge on any atom is -0.395 e.